The van der Waals surface area contributed by atoms with E-state index in [1.807, 2.05) is 24.3 Å². The molecule has 0 aliphatic rings. The lowest BCUT2D eigenvalue weighted by Crippen LogP contribution is -2.31. The van der Waals surface area contributed by atoms with E-state index in [1.165, 1.54) is 11.8 Å². The Labute approximate surface area is 113 Å². The summed E-state index contributed by atoms with van der Waals surface area (Å²) in [6, 6.07) is 12.5. The van der Waals surface area contributed by atoms with Gasteiger partial charge in [-0.15, -0.1) is 0 Å². The fraction of sp³-hybridized carbons (Fsp3) is 0.267. The van der Waals surface area contributed by atoms with Gasteiger partial charge in [0.1, 0.15) is 11.9 Å². The van der Waals surface area contributed by atoms with Gasteiger partial charge in [0.2, 0.25) is 0 Å². The number of nitrogens with zero attached hydrogens (tertiary/aromatic N) is 4. The van der Waals surface area contributed by atoms with Crippen LogP contribution in [0.5, 0.6) is 0 Å². The lowest BCUT2D eigenvalue weighted by Gasteiger charge is -2.27. The zero-order valence-electron chi connectivity index (χ0n) is 11.1. The molecule has 2 rings (SSSR count). The first-order valence-corrected chi connectivity index (χ1v) is 6.23. The summed E-state index contributed by atoms with van der Waals surface area (Å²) in [6.07, 6.45) is 3.16. The molecule has 0 saturated carbocycles. The molecule has 0 saturated heterocycles. The predicted molar refractivity (Wildman–Crippen MR) is 74.5 cm³/mol. The second-order valence-electron chi connectivity index (χ2n) is 4.58. The van der Waals surface area contributed by atoms with Gasteiger partial charge in [-0.2, -0.15) is 5.26 Å². The van der Waals surface area contributed by atoms with Crippen LogP contribution < -0.4 is 4.90 Å². The van der Waals surface area contributed by atoms with Crippen LogP contribution in [0.2, 0.25) is 0 Å². The normalized spacial score (nSPS) is 10.2. The maximum atomic E-state index is 8.75. The van der Waals surface area contributed by atoms with E-state index in [-0.39, 0.29) is 0 Å². The average Bonchev–Trinajstić information content (AvgIpc) is 2.46. The van der Waals surface area contributed by atoms with Crippen LogP contribution in [0, 0.1) is 11.3 Å². The molecule has 1 aromatic carbocycles. The predicted octanol–water partition coefficient (Wildman–Crippen LogP) is 2.76. The maximum absolute atomic E-state index is 8.75. The Morgan fingerprint density at radius 1 is 1.16 bits per heavy atom. The zero-order chi connectivity index (χ0) is 13.7. The minimum Gasteiger partial charge on any atom is -0.349 e. The van der Waals surface area contributed by atoms with Crippen molar-refractivity contribution in [2.24, 2.45) is 0 Å². The summed E-state index contributed by atoms with van der Waals surface area (Å²) in [4.78, 5) is 10.5. The fourth-order valence-corrected chi connectivity index (χ4v) is 1.84. The molecule has 0 radical (unpaired) electrons. The summed E-state index contributed by atoms with van der Waals surface area (Å²) in [5, 5.41) is 8.75. The number of hydrogen-bond donors (Lipinski definition) is 0. The highest BCUT2D eigenvalue weighted by Gasteiger charge is 2.12. The molecule has 0 aliphatic heterocycles. The van der Waals surface area contributed by atoms with Gasteiger partial charge in [0.05, 0.1) is 12.4 Å². The first kappa shape index (κ1) is 13.0. The van der Waals surface area contributed by atoms with Crippen molar-refractivity contribution < 1.29 is 0 Å². The molecule has 0 amide bonds. The summed E-state index contributed by atoms with van der Waals surface area (Å²) in [7, 11) is 0. The molecular formula is C15H16N4. The molecular weight excluding hydrogens is 236 g/mol. The molecule has 4 heteroatoms. The second-order valence-corrected chi connectivity index (χ2v) is 4.58. The maximum Gasteiger partial charge on any atom is 0.158 e. The quantitative estimate of drug-likeness (QED) is 0.839. The van der Waals surface area contributed by atoms with Crippen LogP contribution in [-0.4, -0.2) is 16.0 Å². The molecule has 0 bridgehead atoms. The molecule has 96 valence electrons. The SMILES string of the molecule is CC(C)N(Cc1ccccc1)c1cnc(C#N)cn1. The summed E-state index contributed by atoms with van der Waals surface area (Å²) in [5.74, 6) is 0.790. The van der Waals surface area contributed by atoms with E-state index >= 15 is 0 Å². The number of anilines is 1. The van der Waals surface area contributed by atoms with Gasteiger partial charge in [0, 0.05) is 12.6 Å². The van der Waals surface area contributed by atoms with Crippen LogP contribution in [0.4, 0.5) is 5.82 Å². The molecule has 19 heavy (non-hydrogen) atoms. The highest BCUT2D eigenvalue weighted by atomic mass is 15.2. The monoisotopic (exact) mass is 252 g/mol. The average molecular weight is 252 g/mol. The van der Waals surface area contributed by atoms with Crippen LogP contribution >= 0.6 is 0 Å². The topological polar surface area (TPSA) is 52.8 Å². The van der Waals surface area contributed by atoms with Gasteiger partial charge >= 0.3 is 0 Å². The van der Waals surface area contributed by atoms with Crippen molar-refractivity contribution in [1.29, 1.82) is 5.26 Å². The fourth-order valence-electron chi connectivity index (χ4n) is 1.84. The van der Waals surface area contributed by atoms with E-state index in [2.05, 4.69) is 40.8 Å². The smallest absolute Gasteiger partial charge is 0.158 e. The first-order valence-electron chi connectivity index (χ1n) is 6.23. The van der Waals surface area contributed by atoms with E-state index < -0.39 is 0 Å². The highest BCUT2D eigenvalue weighted by molar-refractivity contribution is 5.39. The summed E-state index contributed by atoms with van der Waals surface area (Å²) >= 11 is 0. The third-order valence-corrected chi connectivity index (χ3v) is 2.87. The molecule has 2 aromatic rings. The number of benzene rings is 1. The standard InChI is InChI=1S/C15H16N4/c1-12(2)19(11-13-6-4-3-5-7-13)15-10-17-14(8-16)9-18-15/h3-7,9-10,12H,11H2,1-2H3. The van der Waals surface area contributed by atoms with Crippen LogP contribution in [-0.2, 0) is 6.54 Å². The van der Waals surface area contributed by atoms with Gasteiger partial charge in [-0.05, 0) is 19.4 Å². The van der Waals surface area contributed by atoms with E-state index in [1.54, 1.807) is 6.20 Å². The molecule has 0 aliphatic carbocycles. The van der Waals surface area contributed by atoms with E-state index in [0.717, 1.165) is 12.4 Å². The first-order chi connectivity index (χ1) is 9.20. The van der Waals surface area contributed by atoms with Crippen molar-refractivity contribution in [3.05, 3.63) is 54.0 Å². The van der Waals surface area contributed by atoms with E-state index in [9.17, 15) is 0 Å². The van der Waals surface area contributed by atoms with Crippen LogP contribution in [0.15, 0.2) is 42.7 Å². The number of aromatic nitrogens is 2. The molecule has 1 heterocycles. The second kappa shape index (κ2) is 5.96. The van der Waals surface area contributed by atoms with E-state index in [4.69, 9.17) is 5.26 Å². The number of hydrogen-bond acceptors (Lipinski definition) is 4. The molecule has 1 aromatic heterocycles. The molecule has 0 unspecified atom stereocenters. The van der Waals surface area contributed by atoms with Crippen LogP contribution in [0.25, 0.3) is 0 Å². The summed E-state index contributed by atoms with van der Waals surface area (Å²) in [6.45, 7) is 5.00. The van der Waals surface area contributed by atoms with Crippen LogP contribution in [0.1, 0.15) is 25.1 Å². The Hall–Kier alpha value is -2.41. The Balaban J connectivity index is 2.22. The lowest BCUT2D eigenvalue weighted by molar-refractivity contribution is 0.670. The van der Waals surface area contributed by atoms with Gasteiger partial charge in [0.25, 0.3) is 0 Å². The minimum absolute atomic E-state index is 0.308. The Bertz CT molecular complexity index is 555. The van der Waals surface area contributed by atoms with Crippen molar-refractivity contribution in [3.63, 3.8) is 0 Å². The lowest BCUT2D eigenvalue weighted by atomic mass is 10.2. The Kier molecular flexibility index (Phi) is 4.09. The number of rotatable bonds is 4. The number of nitriles is 1. The molecule has 0 spiro atoms. The van der Waals surface area contributed by atoms with Gasteiger partial charge in [-0.25, -0.2) is 9.97 Å². The van der Waals surface area contributed by atoms with Crippen molar-refractivity contribution in [2.75, 3.05) is 4.90 Å². The molecule has 4 nitrogen and oxygen atoms in total. The Morgan fingerprint density at radius 3 is 2.42 bits per heavy atom. The molecule has 0 atom stereocenters. The van der Waals surface area contributed by atoms with Crippen molar-refractivity contribution in [2.45, 2.75) is 26.4 Å². The van der Waals surface area contributed by atoms with E-state index in [0.29, 0.717) is 11.7 Å². The van der Waals surface area contributed by atoms with Gasteiger partial charge in [-0.3, -0.25) is 0 Å². The summed E-state index contributed by atoms with van der Waals surface area (Å²) in [5.41, 5.74) is 1.56. The van der Waals surface area contributed by atoms with Gasteiger partial charge in [-0.1, -0.05) is 30.3 Å². The molecule has 0 fully saturated rings. The Morgan fingerprint density at radius 2 is 1.89 bits per heavy atom. The zero-order valence-corrected chi connectivity index (χ0v) is 11.1. The van der Waals surface area contributed by atoms with Crippen molar-refractivity contribution in [1.82, 2.24) is 9.97 Å². The summed E-state index contributed by atoms with van der Waals surface area (Å²) < 4.78 is 0. The van der Waals surface area contributed by atoms with Crippen molar-refractivity contribution >= 4 is 5.82 Å². The van der Waals surface area contributed by atoms with Gasteiger partial charge < -0.3 is 4.90 Å². The molecule has 0 N–H and O–H groups in total. The minimum atomic E-state index is 0.308. The third kappa shape index (κ3) is 3.29. The van der Waals surface area contributed by atoms with Gasteiger partial charge in [0.15, 0.2) is 5.69 Å². The largest absolute Gasteiger partial charge is 0.349 e. The van der Waals surface area contributed by atoms with Crippen LogP contribution in [0.3, 0.4) is 0 Å². The highest BCUT2D eigenvalue weighted by Crippen LogP contribution is 2.16. The third-order valence-electron chi connectivity index (χ3n) is 2.87. The van der Waals surface area contributed by atoms with Crippen molar-refractivity contribution in [3.8, 4) is 6.07 Å².